The van der Waals surface area contributed by atoms with E-state index in [1.807, 2.05) is 0 Å². The minimum absolute atomic E-state index is 0. The zero-order chi connectivity index (χ0) is 3.58. The summed E-state index contributed by atoms with van der Waals surface area (Å²) in [4.78, 5) is 8.56. The molecule has 0 aliphatic heterocycles. The molecular weight excluding hydrogens is 198 g/mol. The van der Waals surface area contributed by atoms with Gasteiger partial charge < -0.3 is 13.1 Å². The van der Waals surface area contributed by atoms with Crippen molar-refractivity contribution >= 4 is 29.2 Å². The van der Waals surface area contributed by atoms with Crippen LogP contribution in [-0.4, -0.2) is 39.4 Å². The van der Waals surface area contributed by atoms with Crippen LogP contribution >= 0.6 is 0 Å². The van der Waals surface area contributed by atoms with Gasteiger partial charge in [0.15, 0.2) is 0 Å². The summed E-state index contributed by atoms with van der Waals surface area (Å²) in [5, 5.41) is 13.9. The third-order valence-electron chi connectivity index (χ3n) is 0. The van der Waals surface area contributed by atoms with E-state index in [0.29, 0.717) is 0 Å². The molecule has 0 aromatic heterocycles. The van der Waals surface area contributed by atoms with Gasteiger partial charge in [0.2, 0.25) is 0 Å². The molecule has 0 unspecified atom stereocenters. The molecule has 0 aromatic rings. The predicted molar refractivity (Wildman–Crippen MR) is 18.6 cm³/mol. The van der Waals surface area contributed by atoms with E-state index in [1.165, 1.54) is 0 Å². The van der Waals surface area contributed by atoms with Gasteiger partial charge >= 0.3 is 29.2 Å². The van der Waals surface area contributed by atoms with Gasteiger partial charge in [-0.2, -0.15) is 0 Å². The van der Waals surface area contributed by atoms with Crippen LogP contribution in [0.5, 0.6) is 0 Å². The van der Waals surface area contributed by atoms with Crippen LogP contribution in [0.2, 0.25) is 0 Å². The van der Waals surface area contributed by atoms with Crippen molar-refractivity contribution in [2.45, 2.75) is 0 Å². The largest absolute Gasteiger partial charge is 2.00 e. The molecule has 2 N–H and O–H groups in total. The van der Waals surface area contributed by atoms with Crippen LogP contribution in [0.4, 0.5) is 4.79 Å². The second-order valence-electron chi connectivity index (χ2n) is 0.283. The topological polar surface area (TPSA) is 57.5 Å². The van der Waals surface area contributed by atoms with E-state index in [-0.39, 0.29) is 59.5 Å². The van der Waals surface area contributed by atoms with Gasteiger partial charge in [-0.1, -0.05) is 0 Å². The second kappa shape index (κ2) is 15.7. The summed E-state index contributed by atoms with van der Waals surface area (Å²) in [6, 6.07) is 0. The van der Waals surface area contributed by atoms with Crippen LogP contribution in [0.1, 0.15) is 2.85 Å². The number of hydrogen-bond acceptors (Lipinski definition) is 1. The average molecular weight is 202 g/mol. The van der Waals surface area contributed by atoms with E-state index in [1.54, 1.807) is 0 Å². The van der Waals surface area contributed by atoms with Gasteiger partial charge in [-0.25, -0.2) is 4.79 Å². The zero-order valence-electron chi connectivity index (χ0n) is 5.20. The first-order chi connectivity index (χ1) is 1.73. The van der Waals surface area contributed by atoms with E-state index >= 15 is 0 Å². The first-order valence-electron chi connectivity index (χ1n) is 0.651. The summed E-state index contributed by atoms with van der Waals surface area (Å²) in [7, 11) is 0. The Morgan fingerprint density at radius 3 is 1.43 bits per heavy atom. The molecule has 0 bridgehead atoms. The van der Waals surface area contributed by atoms with Crippen molar-refractivity contribution in [1.82, 2.24) is 0 Å². The van der Waals surface area contributed by atoms with E-state index in [9.17, 15) is 0 Å². The smallest absolute Gasteiger partial charge is 1.00 e. The molecule has 0 spiro atoms. The summed E-state index contributed by atoms with van der Waals surface area (Å²) in [6.45, 7) is 0. The Morgan fingerprint density at radius 1 is 1.43 bits per heavy atom. The Hall–Kier alpha value is 1.05. The Balaban J connectivity index is -0.00000000450. The maximum absolute atomic E-state index is 8.56. The number of rotatable bonds is 0. The van der Waals surface area contributed by atoms with Crippen LogP contribution in [0, 0.1) is 0 Å². The fourth-order valence-corrected chi connectivity index (χ4v) is 0. The molecule has 0 fully saturated rings. The van der Waals surface area contributed by atoms with Crippen LogP contribution in [-0.2, 0) is 33.6 Å². The van der Waals surface area contributed by atoms with Crippen molar-refractivity contribution < 1.29 is 51.4 Å². The van der Waals surface area contributed by atoms with Crippen molar-refractivity contribution in [2.24, 2.45) is 0 Å². The van der Waals surface area contributed by atoms with Gasteiger partial charge in [0.25, 0.3) is 0 Å². The van der Waals surface area contributed by atoms with Crippen LogP contribution in [0.25, 0.3) is 0 Å². The molecule has 6 heteroatoms. The third-order valence-corrected chi connectivity index (χ3v) is 0. The van der Waals surface area contributed by atoms with Gasteiger partial charge in [-0.3, -0.25) is 0 Å². The fraction of sp³-hybridized carbons (Fsp3) is 0. The summed E-state index contributed by atoms with van der Waals surface area (Å²) < 4.78 is 0. The monoisotopic (exact) mass is 201 g/mol. The Labute approximate surface area is 80.4 Å². The summed E-state index contributed by atoms with van der Waals surface area (Å²) in [6.07, 6.45) is -1.83. The summed E-state index contributed by atoms with van der Waals surface area (Å²) in [5.41, 5.74) is 0. The van der Waals surface area contributed by atoms with Crippen molar-refractivity contribution in [3.8, 4) is 0 Å². The van der Waals surface area contributed by atoms with Crippen LogP contribution in [0.3, 0.4) is 0 Å². The standard InChI is InChI=1S/CH2O3.Mg.Mn.Ni.2H/c2-1(3)4;;;;;/h(H2,2,3,4);;;;;/q;+2;;;2*-1. The Kier molecular flexibility index (Phi) is 54.8. The van der Waals surface area contributed by atoms with Crippen molar-refractivity contribution in [3.63, 3.8) is 0 Å². The maximum Gasteiger partial charge on any atom is 2.00 e. The summed E-state index contributed by atoms with van der Waals surface area (Å²) in [5.74, 6) is 0. The van der Waals surface area contributed by atoms with E-state index in [0.717, 1.165) is 0 Å². The van der Waals surface area contributed by atoms with Gasteiger partial charge in [-0.05, 0) is 0 Å². The molecule has 0 amide bonds. The fourth-order valence-electron chi connectivity index (χ4n) is 0. The molecule has 0 aromatic carbocycles. The third kappa shape index (κ3) is 163. The molecule has 7 heavy (non-hydrogen) atoms. The quantitative estimate of drug-likeness (QED) is 0.546. The van der Waals surface area contributed by atoms with Gasteiger partial charge in [0, 0.05) is 33.6 Å². The minimum atomic E-state index is -1.83. The molecule has 0 aliphatic rings. The Bertz CT molecular complexity index is 44.8. The molecule has 0 atom stereocenters. The molecule has 45 valence electrons. The number of carbonyl (C=O) groups is 1. The van der Waals surface area contributed by atoms with E-state index < -0.39 is 6.16 Å². The predicted octanol–water partition coefficient (Wildman–Crippen LogP) is 0.0616. The van der Waals surface area contributed by atoms with Crippen molar-refractivity contribution in [1.29, 1.82) is 0 Å². The number of carboxylic acid groups (broad SMARTS) is 2. The SMILES string of the molecule is O=C(O)O.[H-].[H-].[Mg+2].[Mn].[Ni]. The molecule has 0 rings (SSSR count). The molecule has 1 radical (unpaired) electrons. The first-order valence-corrected chi connectivity index (χ1v) is 0.651. The van der Waals surface area contributed by atoms with E-state index in [2.05, 4.69) is 0 Å². The maximum atomic E-state index is 8.56. The first kappa shape index (κ1) is 24.4. The molecule has 3 nitrogen and oxygen atoms in total. The zero-order valence-corrected chi connectivity index (χ0v) is 6.79. The summed E-state index contributed by atoms with van der Waals surface area (Å²) >= 11 is 0. The van der Waals surface area contributed by atoms with E-state index in [4.69, 9.17) is 15.0 Å². The van der Waals surface area contributed by atoms with Gasteiger partial charge in [0.05, 0.1) is 0 Å². The Morgan fingerprint density at radius 2 is 1.43 bits per heavy atom. The second-order valence-corrected chi connectivity index (χ2v) is 0.283. The molecule has 0 saturated carbocycles. The van der Waals surface area contributed by atoms with Crippen molar-refractivity contribution in [2.75, 3.05) is 0 Å². The normalized spacial score (nSPS) is 3.43. The molecule has 0 saturated heterocycles. The average Bonchev–Trinajstić information content (AvgIpc) is 0.811. The van der Waals surface area contributed by atoms with Crippen LogP contribution < -0.4 is 0 Å². The number of hydrogen-bond donors (Lipinski definition) is 2. The van der Waals surface area contributed by atoms with Crippen LogP contribution in [0.15, 0.2) is 0 Å². The van der Waals surface area contributed by atoms with Crippen molar-refractivity contribution in [3.05, 3.63) is 0 Å². The molecule has 0 heterocycles. The van der Waals surface area contributed by atoms with Gasteiger partial charge in [-0.15, -0.1) is 0 Å². The molecular formula is CH4MgMnNiO3. The van der Waals surface area contributed by atoms with Gasteiger partial charge in [0.1, 0.15) is 0 Å². The minimum Gasteiger partial charge on any atom is -1.00 e. The molecule has 0 aliphatic carbocycles.